The van der Waals surface area contributed by atoms with E-state index in [1.165, 1.54) is 47.2 Å². The fraction of sp³-hybridized carbons (Fsp3) is 0.111. The van der Waals surface area contributed by atoms with Gasteiger partial charge in [-0.15, -0.1) is 0 Å². The van der Waals surface area contributed by atoms with Crippen LogP contribution in [-0.2, 0) is 16.8 Å². The Balaban J connectivity index is 1.96. The molecule has 0 atom stereocenters. The van der Waals surface area contributed by atoms with Gasteiger partial charge in [0, 0.05) is 16.2 Å². The van der Waals surface area contributed by atoms with Gasteiger partial charge >= 0.3 is 24.9 Å². The van der Waals surface area contributed by atoms with Crippen LogP contribution in [0, 0.1) is 0 Å². The molecule has 4 N–H and O–H groups in total. The summed E-state index contributed by atoms with van der Waals surface area (Å²) in [6.07, 6.45) is 1.43. The van der Waals surface area contributed by atoms with E-state index >= 15 is 0 Å². The number of hydrogen-bond donors (Lipinski definition) is 4. The maximum Gasteiger partial charge on any atom is 0.399 e. The molecule has 158 valence electrons. The number of carbonyl (C=O) groups is 1. The Morgan fingerprint density at radius 2 is 1.80 bits per heavy atom. The molecule has 12 heteroatoms. The van der Waals surface area contributed by atoms with Crippen molar-refractivity contribution in [2.24, 2.45) is 0 Å². The van der Waals surface area contributed by atoms with Crippen molar-refractivity contribution in [2.75, 3.05) is 0 Å². The van der Waals surface area contributed by atoms with E-state index in [9.17, 15) is 22.9 Å². The second kappa shape index (κ2) is 7.92. The van der Waals surface area contributed by atoms with E-state index in [-0.39, 0.29) is 16.6 Å². The SMILES string of the molecule is O=C(O)c1ccc(-c2c[nH]c(=O)n2Cc2ccc(C(F)(F)P(=O)(O)O)c(Br)c2)cc1. The maximum atomic E-state index is 14.0. The maximum absolute atomic E-state index is 14.0. The van der Waals surface area contributed by atoms with E-state index in [2.05, 4.69) is 20.9 Å². The molecule has 2 aromatic carbocycles. The van der Waals surface area contributed by atoms with Crippen molar-refractivity contribution >= 4 is 29.5 Å². The van der Waals surface area contributed by atoms with Crippen LogP contribution >= 0.6 is 23.5 Å². The Bertz CT molecular complexity index is 1220. The topological polar surface area (TPSA) is 133 Å². The number of alkyl halides is 2. The number of aromatic nitrogens is 2. The van der Waals surface area contributed by atoms with Crippen LogP contribution in [0.3, 0.4) is 0 Å². The molecule has 3 aromatic rings. The molecule has 30 heavy (non-hydrogen) atoms. The Morgan fingerprint density at radius 3 is 2.33 bits per heavy atom. The summed E-state index contributed by atoms with van der Waals surface area (Å²) in [5, 5.41) is 8.99. The number of nitrogens with one attached hydrogen (secondary N) is 1. The molecule has 0 aliphatic rings. The van der Waals surface area contributed by atoms with Gasteiger partial charge in [-0.05, 0) is 29.3 Å². The highest BCUT2D eigenvalue weighted by Crippen LogP contribution is 2.60. The molecule has 3 rings (SSSR count). The number of aromatic amines is 1. The van der Waals surface area contributed by atoms with Gasteiger partial charge in [-0.25, -0.2) is 9.59 Å². The Hall–Kier alpha value is -2.59. The van der Waals surface area contributed by atoms with Crippen molar-refractivity contribution in [2.45, 2.75) is 12.2 Å². The molecule has 0 unspecified atom stereocenters. The van der Waals surface area contributed by atoms with Crippen molar-refractivity contribution in [1.82, 2.24) is 9.55 Å². The predicted molar refractivity (Wildman–Crippen MR) is 107 cm³/mol. The Morgan fingerprint density at radius 1 is 1.17 bits per heavy atom. The molecule has 1 heterocycles. The van der Waals surface area contributed by atoms with Crippen LogP contribution in [0.15, 0.2) is 57.9 Å². The van der Waals surface area contributed by atoms with Gasteiger partial charge in [0.1, 0.15) is 0 Å². The number of imidazole rings is 1. The highest BCUT2D eigenvalue weighted by Gasteiger charge is 2.51. The van der Waals surface area contributed by atoms with Crippen LogP contribution in [0.25, 0.3) is 11.3 Å². The third kappa shape index (κ3) is 4.15. The Kier molecular flexibility index (Phi) is 5.83. The summed E-state index contributed by atoms with van der Waals surface area (Å²) in [6, 6.07) is 9.20. The van der Waals surface area contributed by atoms with Gasteiger partial charge in [-0.1, -0.05) is 40.2 Å². The van der Waals surface area contributed by atoms with Gasteiger partial charge in [-0.3, -0.25) is 9.13 Å². The van der Waals surface area contributed by atoms with Gasteiger partial charge in [0.05, 0.1) is 17.8 Å². The largest absolute Gasteiger partial charge is 0.478 e. The lowest BCUT2D eigenvalue weighted by Gasteiger charge is -2.19. The molecule has 1 aromatic heterocycles. The molecule has 0 radical (unpaired) electrons. The minimum Gasteiger partial charge on any atom is -0.478 e. The van der Waals surface area contributed by atoms with Gasteiger partial charge in [0.15, 0.2) is 0 Å². The second-order valence-electron chi connectivity index (χ2n) is 6.35. The first kappa shape index (κ1) is 22.1. The van der Waals surface area contributed by atoms with Gasteiger partial charge in [0.25, 0.3) is 0 Å². The van der Waals surface area contributed by atoms with E-state index in [0.29, 0.717) is 16.8 Å². The first-order chi connectivity index (χ1) is 13.9. The zero-order chi connectivity index (χ0) is 22.3. The monoisotopic (exact) mass is 502 g/mol. The third-order valence-electron chi connectivity index (χ3n) is 4.36. The zero-order valence-electron chi connectivity index (χ0n) is 14.9. The molecular weight excluding hydrogens is 489 g/mol. The van der Waals surface area contributed by atoms with Crippen LogP contribution in [0.1, 0.15) is 21.5 Å². The summed E-state index contributed by atoms with van der Waals surface area (Å²) in [7, 11) is -5.72. The molecule has 0 spiro atoms. The average molecular weight is 503 g/mol. The van der Waals surface area contributed by atoms with Gasteiger partial charge in [-0.2, -0.15) is 8.78 Å². The van der Waals surface area contributed by atoms with Crippen molar-refractivity contribution in [3.63, 3.8) is 0 Å². The highest BCUT2D eigenvalue weighted by molar-refractivity contribution is 9.10. The number of H-pyrrole nitrogens is 1. The number of hydrogen-bond acceptors (Lipinski definition) is 3. The lowest BCUT2D eigenvalue weighted by molar-refractivity contribution is 0.0557. The number of benzene rings is 2. The minimum atomic E-state index is -5.72. The van der Waals surface area contributed by atoms with Gasteiger partial charge < -0.3 is 19.9 Å². The lowest BCUT2D eigenvalue weighted by atomic mass is 10.1. The van der Waals surface area contributed by atoms with E-state index in [0.717, 1.165) is 6.07 Å². The predicted octanol–water partition coefficient (Wildman–Crippen LogP) is 3.58. The van der Waals surface area contributed by atoms with Crippen LogP contribution in [0.5, 0.6) is 0 Å². The molecule has 0 amide bonds. The smallest absolute Gasteiger partial charge is 0.399 e. The van der Waals surface area contributed by atoms with E-state index < -0.39 is 30.5 Å². The normalized spacial score (nSPS) is 12.2. The molecule has 0 saturated heterocycles. The molecule has 0 saturated carbocycles. The molecule has 0 aliphatic carbocycles. The standard InChI is InChI=1S/C18H14BrF2N2O6P/c19-14-7-10(1-6-13(14)18(20,21)30(27,28)29)9-23-15(8-22-17(23)26)11-2-4-12(5-3-11)16(24)25/h1-8H,9H2,(H,22,26)(H,24,25)(H2,27,28,29). The lowest BCUT2D eigenvalue weighted by Crippen LogP contribution is -2.19. The Labute approximate surface area is 176 Å². The first-order valence-corrected chi connectivity index (χ1v) is 10.7. The van der Waals surface area contributed by atoms with Crippen LogP contribution in [0.2, 0.25) is 0 Å². The summed E-state index contributed by atoms with van der Waals surface area (Å²) in [5.41, 5.74) is -4.23. The fourth-order valence-corrected chi connectivity index (χ4v) is 4.15. The van der Waals surface area contributed by atoms with Crippen LogP contribution in [0.4, 0.5) is 8.78 Å². The number of nitrogens with zero attached hydrogens (tertiary/aromatic N) is 1. The van der Waals surface area contributed by atoms with Crippen molar-refractivity contribution in [1.29, 1.82) is 0 Å². The van der Waals surface area contributed by atoms with Gasteiger partial charge in [0.2, 0.25) is 0 Å². The average Bonchev–Trinajstić information content (AvgIpc) is 3.01. The quantitative estimate of drug-likeness (QED) is 0.381. The number of carboxylic acid groups (broad SMARTS) is 1. The van der Waals surface area contributed by atoms with E-state index in [4.69, 9.17) is 14.9 Å². The van der Waals surface area contributed by atoms with Crippen molar-refractivity contribution in [3.05, 3.63) is 80.3 Å². The highest BCUT2D eigenvalue weighted by atomic mass is 79.9. The molecular formula is C18H14BrF2N2O6P. The number of halogens is 3. The summed E-state index contributed by atoms with van der Waals surface area (Å²) < 4.78 is 40.1. The second-order valence-corrected chi connectivity index (χ2v) is 8.85. The van der Waals surface area contributed by atoms with Crippen LogP contribution < -0.4 is 5.69 Å². The zero-order valence-corrected chi connectivity index (χ0v) is 17.4. The van der Waals surface area contributed by atoms with Crippen LogP contribution in [-0.4, -0.2) is 30.4 Å². The first-order valence-electron chi connectivity index (χ1n) is 8.26. The molecule has 0 fully saturated rings. The fourth-order valence-electron chi connectivity index (χ4n) is 2.82. The minimum absolute atomic E-state index is 0.0291. The van der Waals surface area contributed by atoms with Crippen molar-refractivity contribution in [3.8, 4) is 11.3 Å². The van der Waals surface area contributed by atoms with E-state index in [1.807, 2.05) is 0 Å². The summed E-state index contributed by atoms with van der Waals surface area (Å²) in [6.45, 7) is -0.0291. The van der Waals surface area contributed by atoms with E-state index in [1.54, 1.807) is 0 Å². The number of rotatable bonds is 6. The summed E-state index contributed by atoms with van der Waals surface area (Å²) in [5.74, 6) is -1.09. The summed E-state index contributed by atoms with van der Waals surface area (Å²) >= 11 is 2.91. The molecule has 8 nitrogen and oxygen atoms in total. The molecule has 0 bridgehead atoms. The van der Waals surface area contributed by atoms with Crippen molar-refractivity contribution < 1.29 is 33.0 Å². The number of carboxylic acids is 1. The number of aromatic carboxylic acids is 1. The molecule has 0 aliphatic heterocycles. The third-order valence-corrected chi connectivity index (χ3v) is 5.99. The summed E-state index contributed by atoms with van der Waals surface area (Å²) in [4.78, 5) is 43.5.